The number of carbonyl (C=O) groups is 1. The van der Waals surface area contributed by atoms with E-state index in [1.807, 2.05) is 0 Å². The van der Waals surface area contributed by atoms with Gasteiger partial charge in [-0.15, -0.1) is 0 Å². The smallest absolute Gasteiger partial charge is 0.343 e. The molecule has 2 aliphatic rings. The van der Waals surface area contributed by atoms with Gasteiger partial charge in [-0.25, -0.2) is 9.18 Å². The number of halogens is 2. The molecule has 1 saturated heterocycles. The minimum absolute atomic E-state index is 0.0469. The van der Waals surface area contributed by atoms with Crippen LogP contribution in [0.3, 0.4) is 0 Å². The molecule has 0 N–H and O–H groups in total. The van der Waals surface area contributed by atoms with Gasteiger partial charge >= 0.3 is 5.97 Å². The zero-order chi connectivity index (χ0) is 17.7. The van der Waals surface area contributed by atoms with Crippen molar-refractivity contribution < 1.29 is 13.9 Å². The highest BCUT2D eigenvalue weighted by molar-refractivity contribution is 6.31. The minimum Gasteiger partial charge on any atom is -0.462 e. The predicted octanol–water partition coefficient (Wildman–Crippen LogP) is 3.23. The van der Waals surface area contributed by atoms with E-state index in [0.29, 0.717) is 17.6 Å². The standard InChI is InChI=1S/C18H18ClFN2O3/c1-2-25-18(24)11-9-21(22-14-5-3-4-6-15(14)22)16-8-12(19)13(20)7-10(16)17(11)23/h7-9,14-15H,2-6H2,1H3. The van der Waals surface area contributed by atoms with Gasteiger partial charge in [-0.1, -0.05) is 24.4 Å². The number of hydrogen-bond acceptors (Lipinski definition) is 4. The Morgan fingerprint density at radius 2 is 2.00 bits per heavy atom. The summed E-state index contributed by atoms with van der Waals surface area (Å²) in [6.45, 7) is 1.84. The van der Waals surface area contributed by atoms with Crippen molar-refractivity contribution in [2.45, 2.75) is 44.7 Å². The van der Waals surface area contributed by atoms with E-state index in [0.717, 1.165) is 31.7 Å². The molecule has 2 atom stereocenters. The van der Waals surface area contributed by atoms with Crippen LogP contribution in [0.5, 0.6) is 0 Å². The number of carbonyl (C=O) groups excluding carboxylic acids is 1. The Kier molecular flexibility index (Phi) is 3.95. The second-order valence-electron chi connectivity index (χ2n) is 6.52. The molecule has 1 saturated carbocycles. The number of rotatable bonds is 3. The molecule has 2 aromatic rings. The highest BCUT2D eigenvalue weighted by atomic mass is 35.5. The highest BCUT2D eigenvalue weighted by Gasteiger charge is 2.49. The molecule has 4 rings (SSSR count). The third kappa shape index (κ3) is 2.59. The quantitative estimate of drug-likeness (QED) is 0.619. The third-order valence-electron chi connectivity index (χ3n) is 5.05. The van der Waals surface area contributed by atoms with Crippen LogP contribution < -0.4 is 10.4 Å². The SMILES string of the molecule is CCOC(=O)c1cn(N2C3CCCCC32)c2cc(Cl)c(F)cc2c1=O. The molecule has 0 spiro atoms. The summed E-state index contributed by atoms with van der Waals surface area (Å²) in [5.74, 6) is -1.37. The van der Waals surface area contributed by atoms with E-state index in [9.17, 15) is 14.0 Å². The zero-order valence-electron chi connectivity index (χ0n) is 13.8. The van der Waals surface area contributed by atoms with Crippen molar-refractivity contribution in [3.63, 3.8) is 0 Å². The van der Waals surface area contributed by atoms with Crippen LogP contribution in [0.4, 0.5) is 4.39 Å². The maximum absolute atomic E-state index is 13.9. The first-order valence-electron chi connectivity index (χ1n) is 8.53. The first-order chi connectivity index (χ1) is 12.0. The van der Waals surface area contributed by atoms with Crippen molar-refractivity contribution in [2.75, 3.05) is 11.6 Å². The average Bonchev–Trinajstić information content (AvgIpc) is 3.31. The van der Waals surface area contributed by atoms with Gasteiger partial charge < -0.3 is 9.75 Å². The van der Waals surface area contributed by atoms with Gasteiger partial charge in [0.1, 0.15) is 11.4 Å². The lowest BCUT2D eigenvalue weighted by atomic mass is 10.0. The van der Waals surface area contributed by atoms with E-state index in [1.54, 1.807) is 11.6 Å². The Labute approximate surface area is 148 Å². The van der Waals surface area contributed by atoms with Crippen LogP contribution in [0.15, 0.2) is 23.1 Å². The molecule has 2 fully saturated rings. The fourth-order valence-corrected chi connectivity index (χ4v) is 4.00. The van der Waals surface area contributed by atoms with Gasteiger partial charge in [0, 0.05) is 6.20 Å². The fourth-order valence-electron chi connectivity index (χ4n) is 3.84. The van der Waals surface area contributed by atoms with E-state index in [1.165, 1.54) is 12.3 Å². The molecule has 132 valence electrons. The molecular formula is C18H18ClFN2O3. The summed E-state index contributed by atoms with van der Waals surface area (Å²) < 4.78 is 20.7. The Bertz CT molecular complexity index is 915. The summed E-state index contributed by atoms with van der Waals surface area (Å²) in [5, 5.41) is 2.23. The molecule has 1 aromatic heterocycles. The van der Waals surface area contributed by atoms with Crippen LogP contribution >= 0.6 is 11.6 Å². The monoisotopic (exact) mass is 364 g/mol. The number of ether oxygens (including phenoxy) is 1. The van der Waals surface area contributed by atoms with E-state index in [-0.39, 0.29) is 22.6 Å². The van der Waals surface area contributed by atoms with Crippen molar-refractivity contribution in [2.24, 2.45) is 0 Å². The second-order valence-corrected chi connectivity index (χ2v) is 6.93. The Morgan fingerprint density at radius 3 is 2.64 bits per heavy atom. The maximum Gasteiger partial charge on any atom is 0.343 e. The molecule has 1 aliphatic heterocycles. The van der Waals surface area contributed by atoms with Crippen LogP contribution in [-0.2, 0) is 4.74 Å². The van der Waals surface area contributed by atoms with Crippen LogP contribution in [-0.4, -0.2) is 29.3 Å². The Balaban J connectivity index is 1.93. The van der Waals surface area contributed by atoms with Gasteiger partial charge in [0.2, 0.25) is 5.43 Å². The fraction of sp³-hybridized carbons (Fsp3) is 0.444. The lowest BCUT2D eigenvalue weighted by Crippen LogP contribution is -2.26. The van der Waals surface area contributed by atoms with Crippen molar-refractivity contribution >= 4 is 28.5 Å². The molecule has 2 unspecified atom stereocenters. The second kappa shape index (κ2) is 6.02. The Hall–Kier alpha value is -2.08. The van der Waals surface area contributed by atoms with Crippen LogP contribution in [0.2, 0.25) is 5.02 Å². The number of hydrogen-bond donors (Lipinski definition) is 0. The highest BCUT2D eigenvalue weighted by Crippen LogP contribution is 2.39. The van der Waals surface area contributed by atoms with E-state index in [4.69, 9.17) is 16.3 Å². The molecule has 0 bridgehead atoms. The van der Waals surface area contributed by atoms with Gasteiger partial charge in [-0.05, 0) is 31.9 Å². The molecule has 7 heteroatoms. The van der Waals surface area contributed by atoms with Gasteiger partial charge in [0.05, 0.1) is 34.6 Å². The topological polar surface area (TPSA) is 51.3 Å². The van der Waals surface area contributed by atoms with Gasteiger partial charge in [-0.2, -0.15) is 0 Å². The molecule has 2 heterocycles. The molecule has 0 amide bonds. The first kappa shape index (κ1) is 16.4. The summed E-state index contributed by atoms with van der Waals surface area (Å²) >= 11 is 5.94. The van der Waals surface area contributed by atoms with Gasteiger partial charge in [-0.3, -0.25) is 9.47 Å². The molecule has 1 aromatic carbocycles. The summed E-state index contributed by atoms with van der Waals surface area (Å²) in [7, 11) is 0. The van der Waals surface area contributed by atoms with Crippen molar-refractivity contribution in [1.82, 2.24) is 4.68 Å². The van der Waals surface area contributed by atoms with E-state index >= 15 is 0 Å². The molecular weight excluding hydrogens is 347 g/mol. The number of esters is 1. The number of benzene rings is 1. The molecule has 0 radical (unpaired) electrons. The Morgan fingerprint density at radius 1 is 1.32 bits per heavy atom. The molecule has 25 heavy (non-hydrogen) atoms. The van der Waals surface area contributed by atoms with Crippen molar-refractivity contribution in [3.8, 4) is 0 Å². The van der Waals surface area contributed by atoms with E-state index < -0.39 is 17.2 Å². The number of fused-ring (bicyclic) bond motifs is 2. The summed E-state index contributed by atoms with van der Waals surface area (Å²) in [6.07, 6.45) is 5.98. The average molecular weight is 365 g/mol. The number of pyridine rings is 1. The normalized spacial score (nSPS) is 22.0. The predicted molar refractivity (Wildman–Crippen MR) is 93.4 cm³/mol. The van der Waals surface area contributed by atoms with Crippen LogP contribution in [0.25, 0.3) is 10.9 Å². The van der Waals surface area contributed by atoms with Crippen molar-refractivity contribution in [1.29, 1.82) is 0 Å². The first-order valence-corrected chi connectivity index (χ1v) is 8.91. The molecule has 1 aliphatic carbocycles. The maximum atomic E-state index is 13.9. The van der Waals surface area contributed by atoms with Crippen molar-refractivity contribution in [3.05, 3.63) is 45.0 Å². The van der Waals surface area contributed by atoms with E-state index in [2.05, 4.69) is 5.01 Å². The minimum atomic E-state index is -0.691. The zero-order valence-corrected chi connectivity index (χ0v) is 14.6. The van der Waals surface area contributed by atoms with Gasteiger partial charge in [0.25, 0.3) is 0 Å². The largest absolute Gasteiger partial charge is 0.462 e. The number of aromatic nitrogens is 1. The summed E-state index contributed by atoms with van der Waals surface area (Å²) in [4.78, 5) is 24.9. The number of nitrogens with zero attached hydrogens (tertiary/aromatic N) is 2. The summed E-state index contributed by atoms with van der Waals surface area (Å²) in [5.41, 5.74) is -0.108. The lowest BCUT2D eigenvalue weighted by Gasteiger charge is -2.16. The van der Waals surface area contributed by atoms with Crippen LogP contribution in [0.1, 0.15) is 43.0 Å². The lowest BCUT2D eigenvalue weighted by molar-refractivity contribution is 0.0524. The van der Waals surface area contributed by atoms with Gasteiger partial charge in [0.15, 0.2) is 0 Å². The summed E-state index contributed by atoms with van der Waals surface area (Å²) in [6, 6.07) is 3.33. The third-order valence-corrected chi connectivity index (χ3v) is 5.34. The molecule has 5 nitrogen and oxygen atoms in total. The van der Waals surface area contributed by atoms with Crippen LogP contribution in [0, 0.1) is 5.82 Å².